The summed E-state index contributed by atoms with van der Waals surface area (Å²) in [7, 11) is 1.48. The van der Waals surface area contributed by atoms with Crippen LogP contribution < -0.4 is 10.1 Å². The molecule has 0 atom stereocenters. The number of nitrogens with one attached hydrogen (secondary N) is 1. The van der Waals surface area contributed by atoms with Gasteiger partial charge in [0, 0.05) is 16.2 Å². The summed E-state index contributed by atoms with van der Waals surface area (Å²) in [4.78, 5) is 12.1. The number of rotatable bonds is 3. The minimum absolute atomic E-state index is 0.0437. The molecule has 2 aromatic carbocycles. The average molecular weight is 342 g/mol. The summed E-state index contributed by atoms with van der Waals surface area (Å²) in [5.41, 5.74) is 0.344. The fourth-order valence-corrected chi connectivity index (χ4v) is 2.06. The Balaban J connectivity index is 2.27. The smallest absolute Gasteiger partial charge is 0.256 e. The number of hydrogen-bond acceptors (Lipinski definition) is 2. The molecule has 0 aliphatic rings. The standard InChI is InChI=1S/C14H10BrF2NO2/c1-20-11-2-3-13(15)12(7-11)14(19)18-10-5-8(16)4-9(17)6-10/h2-7H,1H3,(H,18,19). The molecule has 1 amide bonds. The lowest BCUT2D eigenvalue weighted by molar-refractivity contribution is 0.102. The molecule has 2 rings (SSSR count). The topological polar surface area (TPSA) is 38.3 Å². The number of ether oxygens (including phenoxy) is 1. The second-order valence-corrected chi connectivity index (χ2v) is 4.81. The van der Waals surface area contributed by atoms with Crippen LogP contribution in [-0.2, 0) is 0 Å². The van der Waals surface area contributed by atoms with Gasteiger partial charge in [-0.2, -0.15) is 0 Å². The van der Waals surface area contributed by atoms with Crippen molar-refractivity contribution in [3.8, 4) is 5.75 Å². The molecule has 0 fully saturated rings. The Bertz CT molecular complexity index is 641. The lowest BCUT2D eigenvalue weighted by Gasteiger charge is -2.09. The number of hydrogen-bond donors (Lipinski definition) is 1. The van der Waals surface area contributed by atoms with Gasteiger partial charge >= 0.3 is 0 Å². The molecule has 0 spiro atoms. The van der Waals surface area contributed by atoms with Crippen LogP contribution in [0.4, 0.5) is 14.5 Å². The van der Waals surface area contributed by atoms with E-state index >= 15 is 0 Å². The highest BCUT2D eigenvalue weighted by molar-refractivity contribution is 9.10. The van der Waals surface area contributed by atoms with Crippen LogP contribution in [0, 0.1) is 11.6 Å². The van der Waals surface area contributed by atoms with Crippen LogP contribution in [0.1, 0.15) is 10.4 Å². The van der Waals surface area contributed by atoms with Crippen LogP contribution >= 0.6 is 15.9 Å². The van der Waals surface area contributed by atoms with Crippen LogP contribution in [0.25, 0.3) is 0 Å². The summed E-state index contributed by atoms with van der Waals surface area (Å²) in [5.74, 6) is -1.51. The van der Waals surface area contributed by atoms with E-state index in [0.29, 0.717) is 15.8 Å². The molecule has 0 radical (unpaired) electrons. The number of anilines is 1. The first-order valence-corrected chi connectivity index (χ1v) is 6.40. The second-order valence-electron chi connectivity index (χ2n) is 3.96. The van der Waals surface area contributed by atoms with Gasteiger partial charge in [-0.05, 0) is 46.3 Å². The van der Waals surface area contributed by atoms with Crippen molar-refractivity contribution in [1.29, 1.82) is 0 Å². The van der Waals surface area contributed by atoms with E-state index in [-0.39, 0.29) is 5.69 Å². The van der Waals surface area contributed by atoms with E-state index in [1.807, 2.05) is 0 Å². The van der Waals surface area contributed by atoms with E-state index in [0.717, 1.165) is 18.2 Å². The van der Waals surface area contributed by atoms with Crippen LogP contribution in [0.15, 0.2) is 40.9 Å². The number of carbonyl (C=O) groups excluding carboxylic acids is 1. The van der Waals surface area contributed by atoms with Crippen molar-refractivity contribution in [2.75, 3.05) is 12.4 Å². The quantitative estimate of drug-likeness (QED) is 0.916. The second kappa shape index (κ2) is 6.00. The zero-order valence-corrected chi connectivity index (χ0v) is 12.0. The van der Waals surface area contributed by atoms with Gasteiger partial charge in [0.1, 0.15) is 17.4 Å². The van der Waals surface area contributed by atoms with Crippen LogP contribution in [0.5, 0.6) is 5.75 Å². The Morgan fingerprint density at radius 3 is 2.40 bits per heavy atom. The van der Waals surface area contributed by atoms with E-state index in [9.17, 15) is 13.6 Å². The maximum absolute atomic E-state index is 13.1. The lowest BCUT2D eigenvalue weighted by Crippen LogP contribution is -2.13. The Kier molecular flexibility index (Phi) is 4.34. The molecule has 0 aliphatic carbocycles. The van der Waals surface area contributed by atoms with Crippen LogP contribution in [0.3, 0.4) is 0 Å². The third-order valence-corrected chi connectivity index (χ3v) is 3.23. The van der Waals surface area contributed by atoms with E-state index in [4.69, 9.17) is 4.74 Å². The maximum atomic E-state index is 13.1. The van der Waals surface area contributed by atoms with Crippen molar-refractivity contribution in [2.24, 2.45) is 0 Å². The molecule has 3 nitrogen and oxygen atoms in total. The number of methoxy groups -OCH3 is 1. The number of carbonyl (C=O) groups is 1. The Morgan fingerprint density at radius 2 is 1.80 bits per heavy atom. The summed E-state index contributed by atoms with van der Waals surface area (Å²) in [5, 5.41) is 2.43. The Hall–Kier alpha value is -1.95. The van der Waals surface area contributed by atoms with E-state index in [2.05, 4.69) is 21.2 Å². The van der Waals surface area contributed by atoms with E-state index < -0.39 is 17.5 Å². The summed E-state index contributed by atoms with van der Waals surface area (Å²) in [6.07, 6.45) is 0. The number of halogens is 3. The minimum Gasteiger partial charge on any atom is -0.497 e. The SMILES string of the molecule is COc1ccc(Br)c(C(=O)Nc2cc(F)cc(F)c2)c1. The van der Waals surface area contributed by atoms with Crippen LogP contribution in [-0.4, -0.2) is 13.0 Å². The first-order valence-electron chi connectivity index (χ1n) is 5.60. The number of amides is 1. The monoisotopic (exact) mass is 341 g/mol. The van der Waals surface area contributed by atoms with Gasteiger partial charge in [-0.15, -0.1) is 0 Å². The highest BCUT2D eigenvalue weighted by atomic mass is 79.9. The summed E-state index contributed by atoms with van der Waals surface area (Å²) in [6.45, 7) is 0. The van der Waals surface area contributed by atoms with Gasteiger partial charge in [0.15, 0.2) is 0 Å². The molecular formula is C14H10BrF2NO2. The zero-order chi connectivity index (χ0) is 14.7. The normalized spacial score (nSPS) is 10.2. The average Bonchev–Trinajstić information content (AvgIpc) is 2.37. The Labute approximate surface area is 122 Å². The third kappa shape index (κ3) is 3.33. The highest BCUT2D eigenvalue weighted by Crippen LogP contribution is 2.24. The zero-order valence-electron chi connectivity index (χ0n) is 10.4. The maximum Gasteiger partial charge on any atom is 0.256 e. The lowest BCUT2D eigenvalue weighted by atomic mass is 10.2. The van der Waals surface area contributed by atoms with Gasteiger partial charge < -0.3 is 10.1 Å². The number of benzene rings is 2. The fraction of sp³-hybridized carbons (Fsp3) is 0.0714. The van der Waals surface area contributed by atoms with Crippen molar-refractivity contribution in [1.82, 2.24) is 0 Å². The predicted octanol–water partition coefficient (Wildman–Crippen LogP) is 3.99. The first-order chi connectivity index (χ1) is 9.49. The van der Waals surface area contributed by atoms with E-state index in [1.54, 1.807) is 12.1 Å². The molecule has 0 unspecified atom stereocenters. The molecule has 1 N–H and O–H groups in total. The summed E-state index contributed by atoms with van der Waals surface area (Å²) >= 11 is 3.24. The van der Waals surface area contributed by atoms with Crippen molar-refractivity contribution in [3.05, 3.63) is 58.1 Å². The minimum atomic E-state index is -0.759. The Morgan fingerprint density at radius 1 is 1.15 bits per heavy atom. The van der Waals surface area contributed by atoms with Gasteiger partial charge in [0.2, 0.25) is 0 Å². The molecule has 6 heteroatoms. The van der Waals surface area contributed by atoms with Gasteiger partial charge in [0.25, 0.3) is 5.91 Å². The summed E-state index contributed by atoms with van der Waals surface area (Å²) in [6, 6.07) is 7.67. The van der Waals surface area contributed by atoms with Crippen LogP contribution in [0.2, 0.25) is 0 Å². The molecular weight excluding hydrogens is 332 g/mol. The molecule has 0 aromatic heterocycles. The molecule has 0 saturated heterocycles. The molecule has 104 valence electrons. The first kappa shape index (κ1) is 14.5. The van der Waals surface area contributed by atoms with Gasteiger partial charge in [0.05, 0.1) is 12.7 Å². The van der Waals surface area contributed by atoms with E-state index in [1.165, 1.54) is 13.2 Å². The van der Waals surface area contributed by atoms with Crippen molar-refractivity contribution in [3.63, 3.8) is 0 Å². The highest BCUT2D eigenvalue weighted by Gasteiger charge is 2.12. The van der Waals surface area contributed by atoms with Gasteiger partial charge in [-0.1, -0.05) is 0 Å². The molecule has 0 aliphatic heterocycles. The third-order valence-electron chi connectivity index (χ3n) is 2.54. The molecule has 20 heavy (non-hydrogen) atoms. The molecule has 0 heterocycles. The van der Waals surface area contributed by atoms with Gasteiger partial charge in [-0.25, -0.2) is 8.78 Å². The molecule has 0 bridgehead atoms. The van der Waals surface area contributed by atoms with Gasteiger partial charge in [-0.3, -0.25) is 4.79 Å². The fourth-order valence-electron chi connectivity index (χ4n) is 1.63. The van der Waals surface area contributed by atoms with Crippen molar-refractivity contribution in [2.45, 2.75) is 0 Å². The molecule has 2 aromatic rings. The molecule has 0 saturated carbocycles. The predicted molar refractivity (Wildman–Crippen MR) is 75.0 cm³/mol. The van der Waals surface area contributed by atoms with Crippen molar-refractivity contribution >= 4 is 27.5 Å². The van der Waals surface area contributed by atoms with Crippen molar-refractivity contribution < 1.29 is 18.3 Å². The summed E-state index contributed by atoms with van der Waals surface area (Å²) < 4.78 is 31.7. The largest absolute Gasteiger partial charge is 0.497 e.